The number of rotatable bonds is 3. The predicted molar refractivity (Wildman–Crippen MR) is 87.8 cm³/mol. The van der Waals surface area contributed by atoms with Crippen LogP contribution in [0.25, 0.3) is 5.57 Å². The van der Waals surface area contributed by atoms with Crippen LogP contribution in [-0.2, 0) is 4.79 Å². The minimum Gasteiger partial charge on any atom is -0.465 e. The van der Waals surface area contributed by atoms with Gasteiger partial charge >= 0.3 is 6.09 Å². The summed E-state index contributed by atoms with van der Waals surface area (Å²) >= 11 is 0. The summed E-state index contributed by atoms with van der Waals surface area (Å²) in [6, 6.07) is 3.67. The van der Waals surface area contributed by atoms with Gasteiger partial charge in [0.2, 0.25) is 5.91 Å². The number of nitrogens with zero attached hydrogens (tertiary/aromatic N) is 2. The number of carboxylic acid groups (broad SMARTS) is 1. The number of halogens is 2. The molecule has 0 saturated carbocycles. The molecule has 0 unspecified atom stereocenters. The summed E-state index contributed by atoms with van der Waals surface area (Å²) in [5.41, 5.74) is 1.36. The molecule has 1 aromatic carbocycles. The monoisotopic (exact) mass is 350 g/mol. The van der Waals surface area contributed by atoms with Crippen molar-refractivity contribution in [2.24, 2.45) is 5.92 Å². The Labute approximate surface area is 144 Å². The zero-order valence-corrected chi connectivity index (χ0v) is 13.9. The van der Waals surface area contributed by atoms with Crippen molar-refractivity contribution < 1.29 is 23.5 Å². The molecule has 0 bridgehead atoms. The van der Waals surface area contributed by atoms with E-state index in [1.54, 1.807) is 11.8 Å². The molecule has 2 heterocycles. The van der Waals surface area contributed by atoms with E-state index >= 15 is 0 Å². The fraction of sp³-hybridized carbons (Fsp3) is 0.444. The molecule has 0 aliphatic carbocycles. The van der Waals surface area contributed by atoms with Crippen LogP contribution < -0.4 is 0 Å². The summed E-state index contributed by atoms with van der Waals surface area (Å²) in [5, 5.41) is 9.09. The number of hydrogen-bond donors (Lipinski definition) is 1. The van der Waals surface area contributed by atoms with Crippen LogP contribution in [0.3, 0.4) is 0 Å². The molecular formula is C18H20F2N2O3. The van der Waals surface area contributed by atoms with Crippen LogP contribution in [0.4, 0.5) is 13.6 Å². The van der Waals surface area contributed by atoms with Crippen molar-refractivity contribution in [1.29, 1.82) is 0 Å². The minimum absolute atomic E-state index is 0.0457. The molecule has 0 radical (unpaired) electrons. The van der Waals surface area contributed by atoms with Crippen LogP contribution in [0.5, 0.6) is 0 Å². The lowest BCUT2D eigenvalue weighted by molar-refractivity contribution is -0.133. The lowest BCUT2D eigenvalue weighted by Gasteiger charge is -2.35. The van der Waals surface area contributed by atoms with Crippen LogP contribution in [0.2, 0.25) is 0 Å². The molecule has 5 nitrogen and oxygen atoms in total. The van der Waals surface area contributed by atoms with Gasteiger partial charge in [0.1, 0.15) is 0 Å². The zero-order valence-electron chi connectivity index (χ0n) is 13.9. The average molecular weight is 350 g/mol. The first kappa shape index (κ1) is 17.4. The molecule has 2 saturated heterocycles. The van der Waals surface area contributed by atoms with Crippen molar-refractivity contribution in [3.8, 4) is 0 Å². The van der Waals surface area contributed by atoms with Crippen molar-refractivity contribution in [3.05, 3.63) is 41.5 Å². The van der Waals surface area contributed by atoms with E-state index in [9.17, 15) is 18.4 Å². The summed E-state index contributed by atoms with van der Waals surface area (Å²) in [6.07, 6.45) is 2.03. The van der Waals surface area contributed by atoms with Crippen molar-refractivity contribution in [2.75, 3.05) is 19.6 Å². The number of carbonyl (C=O) groups is 2. The molecule has 2 atom stereocenters. The molecule has 1 aromatic rings. The van der Waals surface area contributed by atoms with Gasteiger partial charge in [0.25, 0.3) is 0 Å². The number of hydrogen-bond acceptors (Lipinski definition) is 2. The van der Waals surface area contributed by atoms with E-state index in [1.165, 1.54) is 11.0 Å². The minimum atomic E-state index is -0.954. The Balaban J connectivity index is 1.66. The summed E-state index contributed by atoms with van der Waals surface area (Å²) in [4.78, 5) is 26.7. The van der Waals surface area contributed by atoms with Gasteiger partial charge in [0.05, 0.1) is 6.04 Å². The Morgan fingerprint density at radius 1 is 1.32 bits per heavy atom. The normalized spacial score (nSPS) is 23.8. The first-order valence-electron chi connectivity index (χ1n) is 8.27. The highest BCUT2D eigenvalue weighted by Crippen LogP contribution is 2.31. The van der Waals surface area contributed by atoms with Gasteiger partial charge in [0, 0.05) is 25.6 Å². The van der Waals surface area contributed by atoms with Crippen LogP contribution in [0.15, 0.2) is 24.3 Å². The smallest absolute Gasteiger partial charge is 0.407 e. The van der Waals surface area contributed by atoms with Crippen LogP contribution >= 0.6 is 0 Å². The van der Waals surface area contributed by atoms with Crippen molar-refractivity contribution >= 4 is 17.6 Å². The number of carbonyl (C=O) groups excluding carboxylic acids is 1. The van der Waals surface area contributed by atoms with E-state index in [0.29, 0.717) is 38.0 Å². The Hall–Kier alpha value is -2.44. The fourth-order valence-corrected chi connectivity index (χ4v) is 3.56. The molecule has 134 valence electrons. The van der Waals surface area contributed by atoms with Gasteiger partial charge in [-0.3, -0.25) is 4.79 Å². The van der Waals surface area contributed by atoms with Gasteiger partial charge in [-0.05, 0) is 43.0 Å². The summed E-state index contributed by atoms with van der Waals surface area (Å²) < 4.78 is 26.3. The van der Waals surface area contributed by atoms with E-state index in [4.69, 9.17) is 5.11 Å². The molecular weight excluding hydrogens is 330 g/mol. The Kier molecular flexibility index (Phi) is 4.74. The van der Waals surface area contributed by atoms with Crippen LogP contribution in [0.1, 0.15) is 25.3 Å². The molecule has 0 spiro atoms. The lowest BCUT2D eigenvalue weighted by atomic mass is 9.97. The second-order valence-corrected chi connectivity index (χ2v) is 6.60. The van der Waals surface area contributed by atoms with Gasteiger partial charge < -0.3 is 14.9 Å². The summed E-state index contributed by atoms with van der Waals surface area (Å²) in [7, 11) is 0. The number of benzene rings is 1. The van der Waals surface area contributed by atoms with Crippen molar-refractivity contribution in [1.82, 2.24) is 9.80 Å². The molecule has 2 amide bonds. The largest absolute Gasteiger partial charge is 0.465 e. The van der Waals surface area contributed by atoms with Crippen molar-refractivity contribution in [3.63, 3.8) is 0 Å². The highest BCUT2D eigenvalue weighted by Gasteiger charge is 2.42. The second-order valence-electron chi connectivity index (χ2n) is 6.60. The molecule has 1 N–H and O–H groups in total. The maximum atomic E-state index is 13.3. The fourth-order valence-electron chi connectivity index (χ4n) is 3.56. The van der Waals surface area contributed by atoms with E-state index in [-0.39, 0.29) is 17.9 Å². The topological polar surface area (TPSA) is 60.9 Å². The highest BCUT2D eigenvalue weighted by atomic mass is 19.2. The molecule has 0 aromatic heterocycles. The van der Waals surface area contributed by atoms with Crippen LogP contribution in [-0.4, -0.2) is 52.6 Å². The quantitative estimate of drug-likeness (QED) is 0.912. The maximum Gasteiger partial charge on any atom is 0.407 e. The van der Waals surface area contributed by atoms with Gasteiger partial charge in [-0.25, -0.2) is 13.6 Å². The lowest BCUT2D eigenvalue weighted by Crippen LogP contribution is -2.52. The highest BCUT2D eigenvalue weighted by molar-refractivity contribution is 5.82. The molecule has 3 rings (SSSR count). The van der Waals surface area contributed by atoms with E-state index in [1.807, 2.05) is 6.08 Å². The average Bonchev–Trinajstić information content (AvgIpc) is 2.90. The number of piperazine rings is 1. The summed E-state index contributed by atoms with van der Waals surface area (Å²) in [6.45, 7) is 2.92. The van der Waals surface area contributed by atoms with Gasteiger partial charge in [-0.15, -0.1) is 0 Å². The third-order valence-electron chi connectivity index (χ3n) is 5.03. The third kappa shape index (κ3) is 3.50. The predicted octanol–water partition coefficient (Wildman–Crippen LogP) is 2.97. The number of fused-ring (bicyclic) bond motifs is 1. The molecule has 25 heavy (non-hydrogen) atoms. The van der Waals surface area contributed by atoms with E-state index in [2.05, 4.69) is 0 Å². The summed E-state index contributed by atoms with van der Waals surface area (Å²) in [5.74, 6) is -1.93. The molecule has 2 aliphatic heterocycles. The standard InChI is InChI=1S/C18H20F2N2O3/c1-11(12-4-5-15(19)16(20)9-12)2-3-13-8-14-10-21(18(24)25)6-7-22(14)17(13)23/h2,4-5,9,13-14H,3,6-8,10H2,1H3,(H,24,25)/b11-2+/t13-,14-/m0/s1. The zero-order chi connectivity index (χ0) is 18.1. The third-order valence-corrected chi connectivity index (χ3v) is 5.03. The van der Waals surface area contributed by atoms with Gasteiger partial charge in [-0.2, -0.15) is 0 Å². The number of amides is 2. The Morgan fingerprint density at radius 2 is 2.08 bits per heavy atom. The number of allylic oxidation sites excluding steroid dienone is 2. The SMILES string of the molecule is C/C(=C\C[C@H]1C[C@H]2CN(C(=O)O)CCN2C1=O)c1ccc(F)c(F)c1. The molecule has 7 heteroatoms. The van der Waals surface area contributed by atoms with Crippen molar-refractivity contribution in [2.45, 2.75) is 25.8 Å². The Morgan fingerprint density at radius 3 is 2.76 bits per heavy atom. The Bertz CT molecular complexity index is 735. The second kappa shape index (κ2) is 6.82. The van der Waals surface area contributed by atoms with Gasteiger partial charge in [0.15, 0.2) is 11.6 Å². The van der Waals surface area contributed by atoms with E-state index < -0.39 is 17.7 Å². The maximum absolute atomic E-state index is 13.3. The van der Waals surface area contributed by atoms with E-state index in [0.717, 1.165) is 17.7 Å². The molecule has 2 fully saturated rings. The van der Waals surface area contributed by atoms with Crippen LogP contribution in [0, 0.1) is 17.6 Å². The molecule has 2 aliphatic rings. The first-order valence-corrected chi connectivity index (χ1v) is 8.27. The van der Waals surface area contributed by atoms with Gasteiger partial charge in [-0.1, -0.05) is 12.1 Å². The first-order chi connectivity index (χ1) is 11.9.